The van der Waals surface area contributed by atoms with Crippen molar-refractivity contribution in [2.45, 2.75) is 6.92 Å². The standard InChI is InChI=1S/C8H9NO4S/c1-6(10)9-7-2-4-8(5-3-7)13-14(11)12/h2-5H,1H3,(H,9,10)(H,11,12)/p-1. The van der Waals surface area contributed by atoms with Crippen LogP contribution in [0.3, 0.4) is 0 Å². The summed E-state index contributed by atoms with van der Waals surface area (Å²) in [6.45, 7) is 1.39. The predicted molar refractivity (Wildman–Crippen MR) is 50.3 cm³/mol. The molecule has 0 spiro atoms. The molecule has 0 aliphatic rings. The molecule has 1 atom stereocenters. The molecule has 0 fully saturated rings. The summed E-state index contributed by atoms with van der Waals surface area (Å²) in [5.74, 6) is 0.0125. The Hall–Kier alpha value is -1.40. The normalized spacial score (nSPS) is 11.9. The Morgan fingerprint density at radius 1 is 1.43 bits per heavy atom. The van der Waals surface area contributed by atoms with Gasteiger partial charge >= 0.3 is 0 Å². The van der Waals surface area contributed by atoms with Gasteiger partial charge in [0.2, 0.25) is 5.91 Å². The molecular formula is C8H8NO4S-. The Labute approximate surface area is 83.6 Å². The minimum Gasteiger partial charge on any atom is -0.740 e. The first-order valence-corrected chi connectivity index (χ1v) is 4.73. The van der Waals surface area contributed by atoms with E-state index < -0.39 is 11.4 Å². The van der Waals surface area contributed by atoms with Crippen molar-refractivity contribution >= 4 is 23.0 Å². The van der Waals surface area contributed by atoms with Crippen LogP contribution in [0.25, 0.3) is 0 Å². The third-order valence-electron chi connectivity index (χ3n) is 1.34. The second-order valence-electron chi connectivity index (χ2n) is 2.49. The molecule has 0 aliphatic carbocycles. The van der Waals surface area contributed by atoms with Gasteiger partial charge in [-0.25, -0.2) is 4.21 Å². The van der Waals surface area contributed by atoms with E-state index in [1.54, 1.807) is 12.1 Å². The van der Waals surface area contributed by atoms with E-state index in [1.165, 1.54) is 19.1 Å². The summed E-state index contributed by atoms with van der Waals surface area (Å²) in [5, 5.41) is 2.54. The highest BCUT2D eigenvalue weighted by molar-refractivity contribution is 7.74. The van der Waals surface area contributed by atoms with Crippen molar-refractivity contribution in [3.05, 3.63) is 24.3 Å². The quantitative estimate of drug-likeness (QED) is 0.755. The van der Waals surface area contributed by atoms with Crippen molar-refractivity contribution in [2.75, 3.05) is 5.32 Å². The zero-order valence-electron chi connectivity index (χ0n) is 7.35. The van der Waals surface area contributed by atoms with Gasteiger partial charge in [0, 0.05) is 12.6 Å². The molecular weight excluding hydrogens is 206 g/mol. The van der Waals surface area contributed by atoms with Crippen LogP contribution in [-0.2, 0) is 16.2 Å². The number of rotatable bonds is 3. The molecule has 1 N–H and O–H groups in total. The van der Waals surface area contributed by atoms with Gasteiger partial charge < -0.3 is 14.1 Å². The number of carbonyl (C=O) groups is 1. The number of anilines is 1. The molecule has 0 saturated heterocycles. The molecule has 14 heavy (non-hydrogen) atoms. The minimum atomic E-state index is -2.57. The summed E-state index contributed by atoms with van der Waals surface area (Å²) in [6, 6.07) is 5.98. The van der Waals surface area contributed by atoms with Gasteiger partial charge in [0.15, 0.2) is 0 Å². The fraction of sp³-hybridized carbons (Fsp3) is 0.125. The number of nitrogens with one attached hydrogen (secondary N) is 1. The van der Waals surface area contributed by atoms with E-state index in [4.69, 9.17) is 0 Å². The van der Waals surface area contributed by atoms with Crippen LogP contribution in [-0.4, -0.2) is 14.7 Å². The number of hydrogen-bond donors (Lipinski definition) is 1. The van der Waals surface area contributed by atoms with Crippen LogP contribution < -0.4 is 9.50 Å². The first kappa shape index (κ1) is 10.7. The lowest BCUT2D eigenvalue weighted by Gasteiger charge is -2.07. The van der Waals surface area contributed by atoms with Crippen LogP contribution in [0, 0.1) is 0 Å². The molecule has 5 nitrogen and oxygen atoms in total. The Balaban J connectivity index is 2.68. The summed E-state index contributed by atoms with van der Waals surface area (Å²) in [7, 11) is 0. The van der Waals surface area contributed by atoms with Gasteiger partial charge in [-0.3, -0.25) is 4.79 Å². The van der Waals surface area contributed by atoms with E-state index in [0.29, 0.717) is 5.69 Å². The van der Waals surface area contributed by atoms with E-state index in [-0.39, 0.29) is 11.7 Å². The highest BCUT2D eigenvalue weighted by atomic mass is 32.2. The van der Waals surface area contributed by atoms with Crippen molar-refractivity contribution in [1.82, 2.24) is 0 Å². The van der Waals surface area contributed by atoms with Crippen LogP contribution in [0.5, 0.6) is 5.75 Å². The molecule has 1 unspecified atom stereocenters. The SMILES string of the molecule is CC(=O)Nc1ccc(OS(=O)[O-])cc1. The van der Waals surface area contributed by atoms with Crippen LogP contribution >= 0.6 is 0 Å². The van der Waals surface area contributed by atoms with Crippen molar-refractivity contribution in [3.8, 4) is 5.75 Å². The maximum absolute atomic E-state index is 10.6. The van der Waals surface area contributed by atoms with Crippen molar-refractivity contribution in [3.63, 3.8) is 0 Å². The second kappa shape index (κ2) is 4.73. The number of amides is 1. The molecule has 0 aliphatic heterocycles. The van der Waals surface area contributed by atoms with Gasteiger partial charge in [-0.05, 0) is 24.3 Å². The second-order valence-corrected chi connectivity index (χ2v) is 3.07. The first-order chi connectivity index (χ1) is 6.58. The molecule has 76 valence electrons. The first-order valence-electron chi connectivity index (χ1n) is 3.73. The maximum atomic E-state index is 10.6. The Bertz CT molecular complexity index is 314. The fourth-order valence-corrected chi connectivity index (χ4v) is 1.14. The minimum absolute atomic E-state index is 0.189. The van der Waals surface area contributed by atoms with E-state index in [9.17, 15) is 13.6 Å². The van der Waals surface area contributed by atoms with Crippen LogP contribution in [0.4, 0.5) is 5.69 Å². The molecule has 1 rings (SSSR count). The molecule has 0 bridgehead atoms. The number of carbonyl (C=O) groups excluding carboxylic acids is 1. The van der Waals surface area contributed by atoms with Gasteiger partial charge in [0.25, 0.3) is 0 Å². The average Bonchev–Trinajstić information content (AvgIpc) is 2.06. The molecule has 0 radical (unpaired) electrons. The topological polar surface area (TPSA) is 78.5 Å². The van der Waals surface area contributed by atoms with Crippen LogP contribution in [0.15, 0.2) is 24.3 Å². The van der Waals surface area contributed by atoms with Gasteiger partial charge in [0.05, 0.1) is 0 Å². The highest BCUT2D eigenvalue weighted by Gasteiger charge is 1.96. The lowest BCUT2D eigenvalue weighted by molar-refractivity contribution is -0.114. The lowest BCUT2D eigenvalue weighted by atomic mass is 10.3. The zero-order chi connectivity index (χ0) is 10.6. The number of hydrogen-bond acceptors (Lipinski definition) is 4. The fourth-order valence-electron chi connectivity index (χ4n) is 0.876. The van der Waals surface area contributed by atoms with Crippen molar-refractivity contribution < 1.29 is 17.7 Å². The van der Waals surface area contributed by atoms with Crippen LogP contribution in [0.2, 0.25) is 0 Å². The monoisotopic (exact) mass is 214 g/mol. The van der Waals surface area contributed by atoms with E-state index >= 15 is 0 Å². The van der Waals surface area contributed by atoms with Gasteiger partial charge in [-0.2, -0.15) is 0 Å². The Kier molecular flexibility index (Phi) is 3.61. The Morgan fingerprint density at radius 2 is 2.00 bits per heavy atom. The zero-order valence-corrected chi connectivity index (χ0v) is 8.17. The molecule has 1 aromatic rings. The average molecular weight is 214 g/mol. The van der Waals surface area contributed by atoms with Crippen LogP contribution in [0.1, 0.15) is 6.92 Å². The van der Waals surface area contributed by atoms with Gasteiger partial charge in [-0.15, -0.1) is 0 Å². The van der Waals surface area contributed by atoms with E-state index in [0.717, 1.165) is 0 Å². The third-order valence-corrected chi connectivity index (χ3v) is 1.67. The van der Waals surface area contributed by atoms with Gasteiger partial charge in [0.1, 0.15) is 17.1 Å². The highest BCUT2D eigenvalue weighted by Crippen LogP contribution is 2.15. The molecule has 1 aromatic carbocycles. The summed E-state index contributed by atoms with van der Waals surface area (Å²) >= 11 is -2.57. The maximum Gasteiger partial charge on any atom is 0.221 e. The van der Waals surface area contributed by atoms with Crippen molar-refractivity contribution in [2.24, 2.45) is 0 Å². The summed E-state index contributed by atoms with van der Waals surface area (Å²) in [5.41, 5.74) is 0.585. The van der Waals surface area contributed by atoms with Crippen molar-refractivity contribution in [1.29, 1.82) is 0 Å². The van der Waals surface area contributed by atoms with Gasteiger partial charge in [-0.1, -0.05) is 0 Å². The largest absolute Gasteiger partial charge is 0.740 e. The third kappa shape index (κ3) is 3.55. The van der Waals surface area contributed by atoms with E-state index in [2.05, 4.69) is 9.50 Å². The predicted octanol–water partition coefficient (Wildman–Crippen LogP) is 0.818. The molecule has 0 heterocycles. The molecule has 6 heteroatoms. The Morgan fingerprint density at radius 3 is 2.43 bits per heavy atom. The number of benzene rings is 1. The smallest absolute Gasteiger partial charge is 0.221 e. The summed E-state index contributed by atoms with van der Waals surface area (Å²) in [4.78, 5) is 10.6. The lowest BCUT2D eigenvalue weighted by Crippen LogP contribution is -2.05. The molecule has 0 saturated carbocycles. The molecule has 0 aromatic heterocycles. The molecule has 1 amide bonds. The summed E-state index contributed by atoms with van der Waals surface area (Å²) < 4.78 is 24.7. The summed E-state index contributed by atoms with van der Waals surface area (Å²) in [6.07, 6.45) is 0. The van der Waals surface area contributed by atoms with E-state index in [1.807, 2.05) is 0 Å².